The van der Waals surface area contributed by atoms with Gasteiger partial charge in [-0.25, -0.2) is 0 Å². The highest BCUT2D eigenvalue weighted by Crippen LogP contribution is 2.48. The van der Waals surface area contributed by atoms with Crippen LogP contribution in [0.15, 0.2) is 72.9 Å². The number of alkyl halides is 3. The number of benzene rings is 2. The quantitative estimate of drug-likeness (QED) is 0.443. The Morgan fingerprint density at radius 3 is 2.56 bits per heavy atom. The highest BCUT2D eigenvalue weighted by Gasteiger charge is 2.44. The van der Waals surface area contributed by atoms with E-state index >= 15 is 0 Å². The van der Waals surface area contributed by atoms with Crippen molar-refractivity contribution in [2.24, 2.45) is 5.92 Å². The van der Waals surface area contributed by atoms with Crippen molar-refractivity contribution in [2.45, 2.75) is 38.1 Å². The molecule has 1 N–H and O–H groups in total. The molecular formula is C26H25F3N2O3. The lowest BCUT2D eigenvalue weighted by atomic mass is 10.1. The molecule has 8 heteroatoms. The third-order valence-corrected chi connectivity index (χ3v) is 5.63. The summed E-state index contributed by atoms with van der Waals surface area (Å²) in [6.07, 6.45) is -2.43. The summed E-state index contributed by atoms with van der Waals surface area (Å²) in [6, 6.07) is 20.3. The minimum absolute atomic E-state index is 0.0243. The average Bonchev–Trinajstić information content (AvgIpc) is 3.63. The van der Waals surface area contributed by atoms with Crippen molar-refractivity contribution in [1.29, 1.82) is 0 Å². The summed E-state index contributed by atoms with van der Waals surface area (Å²) < 4.78 is 47.3. The van der Waals surface area contributed by atoms with Crippen molar-refractivity contribution >= 4 is 5.91 Å². The molecule has 34 heavy (non-hydrogen) atoms. The molecule has 1 heterocycles. The van der Waals surface area contributed by atoms with Crippen LogP contribution in [0.25, 0.3) is 0 Å². The Morgan fingerprint density at radius 1 is 1.06 bits per heavy atom. The van der Waals surface area contributed by atoms with Crippen molar-refractivity contribution in [2.75, 3.05) is 6.61 Å². The zero-order valence-corrected chi connectivity index (χ0v) is 18.6. The molecule has 1 aliphatic carbocycles. The van der Waals surface area contributed by atoms with Gasteiger partial charge in [-0.2, -0.15) is 13.2 Å². The number of halogens is 3. The SMILES string of the molecule is C[C@@H](NC(=O)[C@H]1C[C@@H]1c1cccc(OCc2ccccc2)c1)c1ccc(OCC(F)(F)F)cn1. The summed E-state index contributed by atoms with van der Waals surface area (Å²) in [5, 5.41) is 2.94. The second kappa shape index (κ2) is 10.2. The Labute approximate surface area is 195 Å². The van der Waals surface area contributed by atoms with Crippen LogP contribution >= 0.6 is 0 Å². The molecule has 0 aliphatic heterocycles. The topological polar surface area (TPSA) is 60.5 Å². The van der Waals surface area contributed by atoms with E-state index in [1.165, 1.54) is 12.3 Å². The van der Waals surface area contributed by atoms with Crippen molar-refractivity contribution < 1.29 is 27.4 Å². The predicted molar refractivity (Wildman–Crippen MR) is 120 cm³/mol. The van der Waals surface area contributed by atoms with Gasteiger partial charge in [0.25, 0.3) is 0 Å². The van der Waals surface area contributed by atoms with Gasteiger partial charge in [0.15, 0.2) is 6.61 Å². The lowest BCUT2D eigenvalue weighted by Gasteiger charge is -2.15. The van der Waals surface area contributed by atoms with Crippen LogP contribution in [0.4, 0.5) is 13.2 Å². The summed E-state index contributed by atoms with van der Waals surface area (Å²) in [7, 11) is 0. The molecule has 5 nitrogen and oxygen atoms in total. The molecule has 0 bridgehead atoms. The van der Waals surface area contributed by atoms with E-state index in [-0.39, 0.29) is 29.5 Å². The van der Waals surface area contributed by atoms with Gasteiger partial charge in [0.2, 0.25) is 5.91 Å². The molecule has 0 spiro atoms. The standard InChI is InChI=1S/C26H25F3N2O3/c1-17(24-11-10-21(14-30-24)34-16-26(27,28)29)31-25(32)23-13-22(23)19-8-5-9-20(12-19)33-15-18-6-3-2-4-7-18/h2-12,14,17,22-23H,13,15-16H2,1H3,(H,31,32)/t17-,22-,23+/m1/s1. The smallest absolute Gasteiger partial charge is 0.422 e. The molecule has 0 unspecified atom stereocenters. The van der Waals surface area contributed by atoms with Crippen LogP contribution in [-0.4, -0.2) is 23.7 Å². The fourth-order valence-corrected chi connectivity index (χ4v) is 3.72. The first-order chi connectivity index (χ1) is 16.3. The van der Waals surface area contributed by atoms with Crippen molar-refractivity contribution in [3.63, 3.8) is 0 Å². The van der Waals surface area contributed by atoms with E-state index in [1.807, 2.05) is 54.6 Å². The van der Waals surface area contributed by atoms with E-state index in [2.05, 4.69) is 15.0 Å². The van der Waals surface area contributed by atoms with Crippen LogP contribution in [-0.2, 0) is 11.4 Å². The monoisotopic (exact) mass is 470 g/mol. The zero-order chi connectivity index (χ0) is 24.1. The van der Waals surface area contributed by atoms with Gasteiger partial charge in [-0.1, -0.05) is 42.5 Å². The first-order valence-corrected chi connectivity index (χ1v) is 11.0. The van der Waals surface area contributed by atoms with Crippen LogP contribution < -0.4 is 14.8 Å². The van der Waals surface area contributed by atoms with Gasteiger partial charge in [0.05, 0.1) is 17.9 Å². The summed E-state index contributed by atoms with van der Waals surface area (Å²) in [6.45, 7) is 0.886. The van der Waals surface area contributed by atoms with Gasteiger partial charge in [-0.3, -0.25) is 9.78 Å². The number of carbonyl (C=O) groups is 1. The largest absolute Gasteiger partial charge is 0.489 e. The Kier molecular flexibility index (Phi) is 7.05. The number of carbonyl (C=O) groups excluding carboxylic acids is 1. The number of rotatable bonds is 9. The fraction of sp³-hybridized carbons (Fsp3) is 0.308. The minimum Gasteiger partial charge on any atom is -0.489 e. The predicted octanol–water partition coefficient (Wildman–Crippen LogP) is 5.58. The van der Waals surface area contributed by atoms with Gasteiger partial charge >= 0.3 is 6.18 Å². The van der Waals surface area contributed by atoms with Crippen molar-refractivity contribution in [3.8, 4) is 11.5 Å². The third-order valence-electron chi connectivity index (χ3n) is 5.63. The lowest BCUT2D eigenvalue weighted by Crippen LogP contribution is -2.29. The Balaban J connectivity index is 1.28. The maximum atomic E-state index is 12.7. The van der Waals surface area contributed by atoms with Crippen LogP contribution in [0.2, 0.25) is 0 Å². The molecule has 2 aromatic carbocycles. The first-order valence-electron chi connectivity index (χ1n) is 11.0. The van der Waals surface area contributed by atoms with Gasteiger partial charge in [-0.05, 0) is 54.7 Å². The molecular weight excluding hydrogens is 445 g/mol. The number of amides is 1. The molecule has 1 aliphatic rings. The summed E-state index contributed by atoms with van der Waals surface area (Å²) in [5.41, 5.74) is 2.68. The summed E-state index contributed by atoms with van der Waals surface area (Å²) >= 11 is 0. The summed E-state index contributed by atoms with van der Waals surface area (Å²) in [5.74, 6) is 0.695. The molecule has 1 fully saturated rings. The van der Waals surface area contributed by atoms with Crippen LogP contribution in [0.5, 0.6) is 11.5 Å². The highest BCUT2D eigenvalue weighted by atomic mass is 19.4. The number of pyridine rings is 1. The van der Waals surface area contributed by atoms with Gasteiger partial charge < -0.3 is 14.8 Å². The number of aromatic nitrogens is 1. The molecule has 1 aromatic heterocycles. The van der Waals surface area contributed by atoms with Crippen LogP contribution in [0.3, 0.4) is 0 Å². The molecule has 4 rings (SSSR count). The maximum Gasteiger partial charge on any atom is 0.422 e. The number of hydrogen-bond acceptors (Lipinski definition) is 4. The number of nitrogens with one attached hydrogen (secondary N) is 1. The fourth-order valence-electron chi connectivity index (χ4n) is 3.72. The van der Waals surface area contributed by atoms with Gasteiger partial charge in [0, 0.05) is 5.92 Å². The molecule has 0 radical (unpaired) electrons. The summed E-state index contributed by atoms with van der Waals surface area (Å²) in [4.78, 5) is 16.9. The average molecular weight is 470 g/mol. The van der Waals surface area contributed by atoms with Gasteiger partial charge in [-0.15, -0.1) is 0 Å². The molecule has 0 saturated heterocycles. The maximum absolute atomic E-state index is 12.7. The van der Waals surface area contributed by atoms with E-state index in [0.717, 1.165) is 23.3 Å². The second-order valence-corrected chi connectivity index (χ2v) is 8.35. The zero-order valence-electron chi connectivity index (χ0n) is 18.6. The van der Waals surface area contributed by atoms with E-state index < -0.39 is 12.8 Å². The molecule has 1 saturated carbocycles. The van der Waals surface area contributed by atoms with Crippen LogP contribution in [0.1, 0.15) is 42.1 Å². The van der Waals surface area contributed by atoms with E-state index in [1.54, 1.807) is 13.0 Å². The third kappa shape index (κ3) is 6.50. The molecule has 3 aromatic rings. The number of nitrogens with zero attached hydrogens (tertiary/aromatic N) is 1. The lowest BCUT2D eigenvalue weighted by molar-refractivity contribution is -0.153. The van der Waals surface area contributed by atoms with Gasteiger partial charge in [0.1, 0.15) is 18.1 Å². The second-order valence-electron chi connectivity index (χ2n) is 8.35. The number of hydrogen-bond donors (Lipinski definition) is 1. The van der Waals surface area contributed by atoms with E-state index in [4.69, 9.17) is 4.74 Å². The molecule has 1 amide bonds. The van der Waals surface area contributed by atoms with Crippen molar-refractivity contribution in [3.05, 3.63) is 89.7 Å². The van der Waals surface area contributed by atoms with Crippen molar-refractivity contribution in [1.82, 2.24) is 10.3 Å². The minimum atomic E-state index is -4.41. The Bertz CT molecular complexity index is 1100. The van der Waals surface area contributed by atoms with Crippen LogP contribution in [0, 0.1) is 5.92 Å². The van der Waals surface area contributed by atoms with E-state index in [9.17, 15) is 18.0 Å². The highest BCUT2D eigenvalue weighted by molar-refractivity contribution is 5.83. The molecule has 3 atom stereocenters. The number of ether oxygens (including phenoxy) is 2. The normalized spacial score (nSPS) is 18.1. The Morgan fingerprint density at radius 2 is 1.85 bits per heavy atom. The molecule has 178 valence electrons. The Hall–Kier alpha value is -3.55. The van der Waals surface area contributed by atoms with E-state index in [0.29, 0.717) is 12.3 Å². The first kappa shape index (κ1) is 23.6.